The van der Waals surface area contributed by atoms with Gasteiger partial charge in [-0.15, -0.1) is 10.2 Å². The third kappa shape index (κ3) is 6.61. The largest absolute Gasteiger partial charge is 0.376 e. The number of amides is 3. The van der Waals surface area contributed by atoms with Crippen molar-refractivity contribution in [2.45, 2.75) is 38.8 Å². The standard InChI is InChI=1S/C25H33ClN6O3/c1-18(2)27-25(34)32(16-19-6-5-15-35-19)17-24(33)31-13-11-30(12-14-31)23-10-9-22(28-29-23)20-7-3-4-8-21(20)26/h3-4,7-10,18-19H,5-6,11-17H2,1-2H3,(H,27,34)/t19-/m0/s1. The molecule has 0 saturated carbocycles. The Labute approximate surface area is 211 Å². The van der Waals surface area contributed by atoms with Crippen LogP contribution in [0.4, 0.5) is 10.6 Å². The lowest BCUT2D eigenvalue weighted by Crippen LogP contribution is -2.54. The van der Waals surface area contributed by atoms with Crippen molar-refractivity contribution in [1.82, 2.24) is 25.3 Å². The zero-order valence-corrected chi connectivity index (χ0v) is 21.1. The number of benzene rings is 1. The first kappa shape index (κ1) is 25.2. The first-order valence-corrected chi connectivity index (χ1v) is 12.6. The number of aromatic nitrogens is 2. The second-order valence-electron chi connectivity index (χ2n) is 9.24. The summed E-state index contributed by atoms with van der Waals surface area (Å²) in [5.41, 5.74) is 1.57. The molecule has 1 aromatic carbocycles. The maximum atomic E-state index is 13.1. The lowest BCUT2D eigenvalue weighted by molar-refractivity contribution is -0.132. The number of carbonyl (C=O) groups is 2. The molecule has 0 radical (unpaired) electrons. The zero-order valence-electron chi connectivity index (χ0n) is 20.3. The van der Waals surface area contributed by atoms with E-state index in [1.165, 1.54) is 0 Å². The van der Waals surface area contributed by atoms with Gasteiger partial charge in [-0.2, -0.15) is 0 Å². The Morgan fingerprint density at radius 2 is 1.91 bits per heavy atom. The molecular weight excluding hydrogens is 468 g/mol. The molecule has 0 aliphatic carbocycles. The van der Waals surface area contributed by atoms with Gasteiger partial charge >= 0.3 is 6.03 Å². The summed E-state index contributed by atoms with van der Waals surface area (Å²) >= 11 is 6.27. The van der Waals surface area contributed by atoms with E-state index < -0.39 is 0 Å². The van der Waals surface area contributed by atoms with E-state index in [1.807, 2.05) is 55.1 Å². The van der Waals surface area contributed by atoms with Crippen LogP contribution >= 0.6 is 11.6 Å². The molecule has 0 bridgehead atoms. The molecule has 2 aliphatic rings. The number of piperazine rings is 1. The Kier molecular flexibility index (Phi) is 8.41. The Balaban J connectivity index is 1.32. The van der Waals surface area contributed by atoms with Gasteiger partial charge in [-0.25, -0.2) is 4.79 Å². The van der Waals surface area contributed by atoms with Crippen LogP contribution in [0.5, 0.6) is 0 Å². The van der Waals surface area contributed by atoms with Crippen LogP contribution in [0.1, 0.15) is 26.7 Å². The molecule has 0 spiro atoms. The molecule has 2 fully saturated rings. The van der Waals surface area contributed by atoms with Gasteiger partial charge in [0.2, 0.25) is 5.91 Å². The maximum Gasteiger partial charge on any atom is 0.318 e. The molecule has 9 nitrogen and oxygen atoms in total. The molecule has 1 N–H and O–H groups in total. The van der Waals surface area contributed by atoms with Crippen molar-refractivity contribution in [3.05, 3.63) is 41.4 Å². The highest BCUT2D eigenvalue weighted by molar-refractivity contribution is 6.33. The van der Waals surface area contributed by atoms with Crippen LogP contribution in [-0.2, 0) is 9.53 Å². The van der Waals surface area contributed by atoms with E-state index in [9.17, 15) is 9.59 Å². The summed E-state index contributed by atoms with van der Waals surface area (Å²) < 4.78 is 5.70. The summed E-state index contributed by atoms with van der Waals surface area (Å²) in [6, 6.07) is 11.2. The minimum absolute atomic E-state index is 0.00134. The molecule has 3 amide bonds. The predicted octanol–water partition coefficient (Wildman–Crippen LogP) is 3.04. The van der Waals surface area contributed by atoms with Crippen LogP contribution < -0.4 is 10.2 Å². The number of hydrogen-bond donors (Lipinski definition) is 1. The highest BCUT2D eigenvalue weighted by Crippen LogP contribution is 2.26. The minimum atomic E-state index is -0.226. The number of nitrogens with one attached hydrogen (secondary N) is 1. The number of ether oxygens (including phenoxy) is 1. The van der Waals surface area contributed by atoms with Crippen LogP contribution in [0, 0.1) is 0 Å². The fourth-order valence-electron chi connectivity index (χ4n) is 4.35. The van der Waals surface area contributed by atoms with Gasteiger partial charge in [0.25, 0.3) is 0 Å². The smallest absolute Gasteiger partial charge is 0.318 e. The van der Waals surface area contributed by atoms with Gasteiger partial charge in [0, 0.05) is 50.9 Å². The highest BCUT2D eigenvalue weighted by atomic mass is 35.5. The monoisotopic (exact) mass is 500 g/mol. The molecule has 2 aliphatic heterocycles. The molecule has 4 rings (SSSR count). The third-order valence-electron chi connectivity index (χ3n) is 6.23. The number of rotatable bonds is 7. The molecule has 1 aromatic heterocycles. The van der Waals surface area contributed by atoms with E-state index in [2.05, 4.69) is 20.4 Å². The minimum Gasteiger partial charge on any atom is -0.376 e. The average Bonchev–Trinajstić information content (AvgIpc) is 3.37. The van der Waals surface area contributed by atoms with E-state index in [1.54, 1.807) is 4.90 Å². The van der Waals surface area contributed by atoms with E-state index >= 15 is 0 Å². The van der Waals surface area contributed by atoms with Crippen LogP contribution in [-0.4, -0.2) is 90.0 Å². The van der Waals surface area contributed by atoms with Gasteiger partial charge < -0.3 is 24.8 Å². The van der Waals surface area contributed by atoms with E-state index in [0.717, 1.165) is 29.9 Å². The van der Waals surface area contributed by atoms with Crippen molar-refractivity contribution in [1.29, 1.82) is 0 Å². The van der Waals surface area contributed by atoms with Gasteiger partial charge in [0.15, 0.2) is 5.82 Å². The summed E-state index contributed by atoms with van der Waals surface area (Å²) in [5.74, 6) is 0.714. The van der Waals surface area contributed by atoms with Gasteiger partial charge in [-0.1, -0.05) is 29.8 Å². The molecule has 188 valence electrons. The summed E-state index contributed by atoms with van der Waals surface area (Å²) in [6.07, 6.45) is 1.89. The van der Waals surface area contributed by atoms with E-state index in [0.29, 0.717) is 44.4 Å². The number of anilines is 1. The number of halogens is 1. The highest BCUT2D eigenvalue weighted by Gasteiger charge is 2.28. The van der Waals surface area contributed by atoms with Crippen molar-refractivity contribution in [2.75, 3.05) is 50.8 Å². The Hall–Kier alpha value is -2.91. The van der Waals surface area contributed by atoms with Gasteiger partial charge in [0.05, 0.1) is 16.8 Å². The normalized spacial score (nSPS) is 18.1. The van der Waals surface area contributed by atoms with E-state index in [4.69, 9.17) is 16.3 Å². The fourth-order valence-corrected chi connectivity index (χ4v) is 4.58. The van der Waals surface area contributed by atoms with Crippen molar-refractivity contribution < 1.29 is 14.3 Å². The average molecular weight is 501 g/mol. The van der Waals surface area contributed by atoms with Gasteiger partial charge in [0.1, 0.15) is 6.54 Å². The van der Waals surface area contributed by atoms with Crippen molar-refractivity contribution in [3.8, 4) is 11.3 Å². The summed E-state index contributed by atoms with van der Waals surface area (Å²) in [6.45, 7) is 7.43. The molecule has 1 atom stereocenters. The van der Waals surface area contributed by atoms with Crippen molar-refractivity contribution in [3.63, 3.8) is 0 Å². The number of nitrogens with zero attached hydrogens (tertiary/aromatic N) is 5. The lowest BCUT2D eigenvalue weighted by atomic mass is 10.1. The predicted molar refractivity (Wildman–Crippen MR) is 135 cm³/mol. The van der Waals surface area contributed by atoms with E-state index in [-0.39, 0.29) is 30.6 Å². The summed E-state index contributed by atoms with van der Waals surface area (Å²) in [4.78, 5) is 31.3. The van der Waals surface area contributed by atoms with Gasteiger partial charge in [-0.3, -0.25) is 4.79 Å². The van der Waals surface area contributed by atoms with Crippen molar-refractivity contribution in [2.24, 2.45) is 0 Å². The van der Waals surface area contributed by atoms with Crippen molar-refractivity contribution >= 4 is 29.4 Å². The summed E-state index contributed by atoms with van der Waals surface area (Å²) in [7, 11) is 0. The second-order valence-corrected chi connectivity index (χ2v) is 9.65. The molecular formula is C25H33ClN6O3. The quantitative estimate of drug-likeness (QED) is 0.628. The molecule has 3 heterocycles. The topological polar surface area (TPSA) is 90.9 Å². The lowest BCUT2D eigenvalue weighted by Gasteiger charge is -2.36. The number of urea groups is 1. The van der Waals surface area contributed by atoms with Crippen LogP contribution in [0.3, 0.4) is 0 Å². The third-order valence-corrected chi connectivity index (χ3v) is 6.56. The maximum absolute atomic E-state index is 13.1. The SMILES string of the molecule is CC(C)NC(=O)N(CC(=O)N1CCN(c2ccc(-c3ccccc3Cl)nn2)CC1)C[C@@H]1CCCO1. The molecule has 0 unspecified atom stereocenters. The Morgan fingerprint density at radius 1 is 1.14 bits per heavy atom. The molecule has 2 saturated heterocycles. The second kappa shape index (κ2) is 11.7. The Morgan fingerprint density at radius 3 is 2.54 bits per heavy atom. The molecule has 2 aromatic rings. The van der Waals surface area contributed by atoms with Gasteiger partial charge in [-0.05, 0) is 44.9 Å². The summed E-state index contributed by atoms with van der Waals surface area (Å²) in [5, 5.41) is 12.3. The molecule has 35 heavy (non-hydrogen) atoms. The first-order valence-electron chi connectivity index (χ1n) is 12.2. The number of carbonyl (C=O) groups excluding carboxylic acids is 2. The zero-order chi connectivity index (χ0) is 24.8. The van der Waals surface area contributed by atoms with Crippen LogP contribution in [0.2, 0.25) is 5.02 Å². The fraction of sp³-hybridized carbons (Fsp3) is 0.520. The Bertz CT molecular complexity index is 1000. The first-order chi connectivity index (χ1) is 16.9. The number of hydrogen-bond acceptors (Lipinski definition) is 6. The van der Waals surface area contributed by atoms with Crippen LogP contribution in [0.25, 0.3) is 11.3 Å². The molecule has 10 heteroatoms. The van der Waals surface area contributed by atoms with Crippen LogP contribution in [0.15, 0.2) is 36.4 Å².